The molecule has 0 aliphatic heterocycles. The second-order valence-corrected chi connectivity index (χ2v) is 7.05. The Morgan fingerprint density at radius 1 is 1.33 bits per heavy atom. The molecular formula is C20H26N2O2. The van der Waals surface area contributed by atoms with Crippen molar-refractivity contribution in [2.45, 2.75) is 58.3 Å². The SMILES string of the molecule is CC[C@@H](CC(=O)Nc1ccccc1)c1noc(C2CC(C)C2)c1C. The fourth-order valence-corrected chi connectivity index (χ4v) is 3.63. The monoisotopic (exact) mass is 326 g/mol. The van der Waals surface area contributed by atoms with Gasteiger partial charge in [-0.05, 0) is 44.2 Å². The van der Waals surface area contributed by atoms with Crippen LogP contribution in [0.2, 0.25) is 0 Å². The van der Waals surface area contributed by atoms with Gasteiger partial charge in [0.25, 0.3) is 0 Å². The van der Waals surface area contributed by atoms with Gasteiger partial charge in [-0.3, -0.25) is 4.79 Å². The second-order valence-electron chi connectivity index (χ2n) is 7.05. The van der Waals surface area contributed by atoms with Crippen LogP contribution in [-0.2, 0) is 4.79 Å². The number of nitrogens with one attached hydrogen (secondary N) is 1. The summed E-state index contributed by atoms with van der Waals surface area (Å²) in [4.78, 5) is 12.3. The van der Waals surface area contributed by atoms with Crippen molar-refractivity contribution in [2.24, 2.45) is 5.92 Å². The van der Waals surface area contributed by atoms with Gasteiger partial charge in [-0.15, -0.1) is 0 Å². The molecule has 1 amide bonds. The van der Waals surface area contributed by atoms with Crippen LogP contribution >= 0.6 is 0 Å². The summed E-state index contributed by atoms with van der Waals surface area (Å²) in [6.07, 6.45) is 3.66. The topological polar surface area (TPSA) is 55.1 Å². The Bertz CT molecular complexity index is 687. The first kappa shape index (κ1) is 16.7. The summed E-state index contributed by atoms with van der Waals surface area (Å²) in [5.74, 6) is 2.45. The van der Waals surface area contributed by atoms with E-state index in [4.69, 9.17) is 4.52 Å². The first-order valence-electron chi connectivity index (χ1n) is 8.89. The number of aromatic nitrogens is 1. The van der Waals surface area contributed by atoms with E-state index in [-0.39, 0.29) is 11.8 Å². The van der Waals surface area contributed by atoms with Crippen LogP contribution in [0, 0.1) is 12.8 Å². The Kier molecular flexibility index (Phi) is 5.03. The molecule has 0 saturated heterocycles. The molecule has 1 heterocycles. The molecule has 1 aliphatic rings. The molecule has 0 spiro atoms. The molecule has 1 aromatic heterocycles. The third kappa shape index (κ3) is 3.53. The van der Waals surface area contributed by atoms with Crippen LogP contribution in [0.25, 0.3) is 0 Å². The molecule has 4 nitrogen and oxygen atoms in total. The quantitative estimate of drug-likeness (QED) is 0.811. The van der Waals surface area contributed by atoms with Gasteiger partial charge in [-0.25, -0.2) is 0 Å². The van der Waals surface area contributed by atoms with E-state index in [9.17, 15) is 4.79 Å². The van der Waals surface area contributed by atoms with Gasteiger partial charge in [0.2, 0.25) is 5.91 Å². The lowest BCUT2D eigenvalue weighted by Gasteiger charge is -2.30. The van der Waals surface area contributed by atoms with E-state index in [1.165, 1.54) is 12.8 Å². The van der Waals surface area contributed by atoms with Crippen molar-refractivity contribution in [3.8, 4) is 0 Å². The molecule has 0 radical (unpaired) electrons. The van der Waals surface area contributed by atoms with Crippen LogP contribution in [0.15, 0.2) is 34.9 Å². The number of nitrogens with zero attached hydrogens (tertiary/aromatic N) is 1. The lowest BCUT2D eigenvalue weighted by Crippen LogP contribution is -2.19. The molecule has 1 atom stereocenters. The van der Waals surface area contributed by atoms with Crippen molar-refractivity contribution < 1.29 is 9.32 Å². The van der Waals surface area contributed by atoms with Crippen molar-refractivity contribution >= 4 is 11.6 Å². The number of hydrogen-bond donors (Lipinski definition) is 1. The van der Waals surface area contributed by atoms with Crippen LogP contribution in [0.1, 0.15) is 68.4 Å². The average molecular weight is 326 g/mol. The highest BCUT2D eigenvalue weighted by atomic mass is 16.5. The van der Waals surface area contributed by atoms with Crippen LogP contribution in [-0.4, -0.2) is 11.1 Å². The molecular weight excluding hydrogens is 300 g/mol. The lowest BCUT2D eigenvalue weighted by atomic mass is 9.73. The molecule has 4 heteroatoms. The minimum absolute atomic E-state index is 0.0225. The lowest BCUT2D eigenvalue weighted by molar-refractivity contribution is -0.116. The van der Waals surface area contributed by atoms with Gasteiger partial charge in [0.15, 0.2) is 0 Å². The third-order valence-corrected chi connectivity index (χ3v) is 5.11. The molecule has 1 N–H and O–H groups in total. The van der Waals surface area contributed by atoms with Gasteiger partial charge in [0.05, 0.1) is 5.69 Å². The average Bonchev–Trinajstić information content (AvgIpc) is 2.92. The number of rotatable bonds is 6. The number of benzene rings is 1. The summed E-state index contributed by atoms with van der Waals surface area (Å²) in [5, 5.41) is 7.28. The Morgan fingerprint density at radius 3 is 2.67 bits per heavy atom. The molecule has 0 bridgehead atoms. The highest BCUT2D eigenvalue weighted by molar-refractivity contribution is 5.91. The fraction of sp³-hybridized carbons (Fsp3) is 0.500. The van der Waals surface area contributed by atoms with Gasteiger partial charge in [-0.1, -0.05) is 37.2 Å². The van der Waals surface area contributed by atoms with Gasteiger partial charge in [0.1, 0.15) is 5.76 Å². The van der Waals surface area contributed by atoms with Crippen molar-refractivity contribution in [3.05, 3.63) is 47.3 Å². The summed E-state index contributed by atoms with van der Waals surface area (Å²) >= 11 is 0. The molecule has 2 aromatic rings. The van der Waals surface area contributed by atoms with E-state index in [0.717, 1.165) is 35.0 Å². The number of carbonyl (C=O) groups excluding carboxylic acids is 1. The van der Waals surface area contributed by atoms with E-state index >= 15 is 0 Å². The predicted octanol–water partition coefficient (Wildman–Crippen LogP) is 5.02. The number of amides is 1. The maximum atomic E-state index is 12.3. The maximum Gasteiger partial charge on any atom is 0.225 e. The zero-order valence-electron chi connectivity index (χ0n) is 14.7. The first-order chi connectivity index (χ1) is 11.6. The fourth-order valence-electron chi connectivity index (χ4n) is 3.63. The molecule has 1 fully saturated rings. The Balaban J connectivity index is 1.67. The zero-order valence-corrected chi connectivity index (χ0v) is 14.7. The molecule has 1 aromatic carbocycles. The predicted molar refractivity (Wildman–Crippen MR) is 95.1 cm³/mol. The van der Waals surface area contributed by atoms with Gasteiger partial charge in [-0.2, -0.15) is 0 Å². The van der Waals surface area contributed by atoms with Crippen LogP contribution in [0.5, 0.6) is 0 Å². The summed E-state index contributed by atoms with van der Waals surface area (Å²) in [6, 6.07) is 9.57. The maximum absolute atomic E-state index is 12.3. The molecule has 1 aliphatic carbocycles. The van der Waals surface area contributed by atoms with E-state index in [2.05, 4.69) is 31.2 Å². The van der Waals surface area contributed by atoms with Crippen molar-refractivity contribution in [1.29, 1.82) is 0 Å². The molecule has 1 saturated carbocycles. The number of carbonyl (C=O) groups is 1. The number of anilines is 1. The molecule has 24 heavy (non-hydrogen) atoms. The summed E-state index contributed by atoms with van der Waals surface area (Å²) in [6.45, 7) is 6.45. The second kappa shape index (κ2) is 7.20. The van der Waals surface area contributed by atoms with Gasteiger partial charge >= 0.3 is 0 Å². The minimum Gasteiger partial charge on any atom is -0.361 e. The molecule has 3 rings (SSSR count). The summed E-state index contributed by atoms with van der Waals surface area (Å²) in [7, 11) is 0. The first-order valence-corrected chi connectivity index (χ1v) is 8.89. The smallest absolute Gasteiger partial charge is 0.225 e. The Labute approximate surface area is 143 Å². The van der Waals surface area contributed by atoms with E-state index in [1.54, 1.807) is 0 Å². The summed E-state index contributed by atoms with van der Waals surface area (Å²) in [5.41, 5.74) is 2.93. The number of hydrogen-bond acceptors (Lipinski definition) is 3. The van der Waals surface area contributed by atoms with Crippen LogP contribution < -0.4 is 5.32 Å². The zero-order chi connectivity index (χ0) is 17.1. The van der Waals surface area contributed by atoms with Crippen molar-refractivity contribution in [3.63, 3.8) is 0 Å². The molecule has 0 unspecified atom stereocenters. The minimum atomic E-state index is 0.0225. The normalized spacial score (nSPS) is 21.1. The molecule has 128 valence electrons. The third-order valence-electron chi connectivity index (χ3n) is 5.11. The van der Waals surface area contributed by atoms with E-state index < -0.39 is 0 Å². The Morgan fingerprint density at radius 2 is 2.04 bits per heavy atom. The summed E-state index contributed by atoms with van der Waals surface area (Å²) < 4.78 is 5.65. The van der Waals surface area contributed by atoms with Gasteiger partial charge in [0, 0.05) is 29.5 Å². The van der Waals surface area contributed by atoms with Gasteiger partial charge < -0.3 is 9.84 Å². The standard InChI is InChI=1S/C20H26N2O2/c1-4-15(12-18(23)21-17-8-6-5-7-9-17)19-14(3)20(24-22-19)16-10-13(2)11-16/h5-9,13,15-16H,4,10-12H2,1-3H3,(H,21,23)/t13?,15-,16?/m0/s1. The highest BCUT2D eigenvalue weighted by Crippen LogP contribution is 2.43. The van der Waals surface area contributed by atoms with E-state index in [1.807, 2.05) is 30.3 Å². The van der Waals surface area contributed by atoms with E-state index in [0.29, 0.717) is 12.3 Å². The largest absolute Gasteiger partial charge is 0.361 e. The van der Waals surface area contributed by atoms with Crippen LogP contribution in [0.3, 0.4) is 0 Å². The Hall–Kier alpha value is -2.10. The van der Waals surface area contributed by atoms with Crippen molar-refractivity contribution in [1.82, 2.24) is 5.16 Å². The van der Waals surface area contributed by atoms with Crippen LogP contribution in [0.4, 0.5) is 5.69 Å². The number of para-hydroxylation sites is 1. The van der Waals surface area contributed by atoms with Crippen molar-refractivity contribution in [2.75, 3.05) is 5.32 Å². The highest BCUT2D eigenvalue weighted by Gasteiger charge is 2.33.